The Labute approximate surface area is 64.3 Å². The molecule has 1 rings (SSSR count). The van der Waals surface area contributed by atoms with Gasteiger partial charge in [0.1, 0.15) is 5.82 Å². The SMILES string of the molecule is CC(C#N)c1cncc(F)c1. The number of nitriles is 1. The van der Waals surface area contributed by atoms with Gasteiger partial charge in [0.25, 0.3) is 0 Å². The molecule has 0 radical (unpaired) electrons. The lowest BCUT2D eigenvalue weighted by Gasteiger charge is -1.99. The van der Waals surface area contributed by atoms with E-state index in [9.17, 15) is 4.39 Å². The standard InChI is InChI=1S/C8H7FN2/c1-6(3-10)7-2-8(9)5-11-4-7/h2,4-6H,1H3. The Morgan fingerprint density at radius 2 is 2.36 bits per heavy atom. The van der Waals surface area contributed by atoms with Crippen molar-refractivity contribution in [3.8, 4) is 6.07 Å². The van der Waals surface area contributed by atoms with Gasteiger partial charge in [-0.3, -0.25) is 4.98 Å². The molecule has 0 amide bonds. The van der Waals surface area contributed by atoms with Gasteiger partial charge in [-0.05, 0) is 18.6 Å². The fraction of sp³-hybridized carbons (Fsp3) is 0.250. The molecule has 1 unspecified atom stereocenters. The number of aromatic nitrogens is 1. The molecule has 0 aliphatic rings. The third-order valence-electron chi connectivity index (χ3n) is 1.42. The molecular formula is C8H7FN2. The van der Waals surface area contributed by atoms with Gasteiger partial charge in [-0.15, -0.1) is 0 Å². The van der Waals surface area contributed by atoms with E-state index >= 15 is 0 Å². The van der Waals surface area contributed by atoms with Crippen LogP contribution in [0.15, 0.2) is 18.5 Å². The zero-order valence-corrected chi connectivity index (χ0v) is 6.08. The van der Waals surface area contributed by atoms with Crippen molar-refractivity contribution in [3.63, 3.8) is 0 Å². The van der Waals surface area contributed by atoms with Crippen LogP contribution in [-0.4, -0.2) is 4.98 Å². The van der Waals surface area contributed by atoms with Crippen LogP contribution in [0, 0.1) is 17.1 Å². The maximum Gasteiger partial charge on any atom is 0.141 e. The lowest BCUT2D eigenvalue weighted by molar-refractivity contribution is 0.617. The fourth-order valence-corrected chi connectivity index (χ4v) is 0.740. The molecule has 0 N–H and O–H groups in total. The van der Waals surface area contributed by atoms with Gasteiger partial charge in [0.2, 0.25) is 0 Å². The van der Waals surface area contributed by atoms with E-state index in [1.807, 2.05) is 6.07 Å². The molecule has 0 aliphatic carbocycles. The molecule has 1 heterocycles. The number of pyridine rings is 1. The minimum Gasteiger partial charge on any atom is -0.261 e. The number of hydrogen-bond donors (Lipinski definition) is 0. The summed E-state index contributed by atoms with van der Waals surface area (Å²) < 4.78 is 12.5. The second-order valence-electron chi connectivity index (χ2n) is 2.29. The van der Waals surface area contributed by atoms with Crippen LogP contribution >= 0.6 is 0 Å². The van der Waals surface area contributed by atoms with Gasteiger partial charge in [0, 0.05) is 6.20 Å². The minimum atomic E-state index is -0.399. The molecule has 0 fully saturated rings. The molecule has 0 aromatic carbocycles. The summed E-state index contributed by atoms with van der Waals surface area (Å²) in [7, 11) is 0. The summed E-state index contributed by atoms with van der Waals surface area (Å²) in [4.78, 5) is 3.63. The van der Waals surface area contributed by atoms with Crippen LogP contribution < -0.4 is 0 Å². The summed E-state index contributed by atoms with van der Waals surface area (Å²) in [5, 5.41) is 8.48. The Hall–Kier alpha value is -1.43. The Kier molecular flexibility index (Phi) is 2.17. The Bertz CT molecular complexity index is 290. The van der Waals surface area contributed by atoms with Crippen molar-refractivity contribution in [1.29, 1.82) is 5.26 Å². The van der Waals surface area contributed by atoms with Gasteiger partial charge in [0.15, 0.2) is 0 Å². The topological polar surface area (TPSA) is 36.7 Å². The summed E-state index contributed by atoms with van der Waals surface area (Å²) in [6.07, 6.45) is 2.62. The second-order valence-corrected chi connectivity index (χ2v) is 2.29. The molecule has 2 nitrogen and oxygen atoms in total. The van der Waals surface area contributed by atoms with Crippen molar-refractivity contribution in [2.75, 3.05) is 0 Å². The highest BCUT2D eigenvalue weighted by Gasteiger charge is 2.03. The third-order valence-corrected chi connectivity index (χ3v) is 1.42. The highest BCUT2D eigenvalue weighted by Crippen LogP contribution is 2.12. The molecule has 1 aromatic heterocycles. The zero-order valence-electron chi connectivity index (χ0n) is 6.08. The number of hydrogen-bond acceptors (Lipinski definition) is 2. The van der Waals surface area contributed by atoms with Crippen LogP contribution in [0.4, 0.5) is 4.39 Å². The Balaban J connectivity index is 2.98. The van der Waals surface area contributed by atoms with Crippen molar-refractivity contribution in [3.05, 3.63) is 29.8 Å². The smallest absolute Gasteiger partial charge is 0.141 e. The van der Waals surface area contributed by atoms with Crippen LogP contribution in [0.5, 0.6) is 0 Å². The van der Waals surface area contributed by atoms with E-state index in [0.717, 1.165) is 6.20 Å². The summed E-state index contributed by atoms with van der Waals surface area (Å²) in [5.41, 5.74) is 0.618. The largest absolute Gasteiger partial charge is 0.261 e. The molecule has 0 saturated carbocycles. The summed E-state index contributed by atoms with van der Waals surface area (Å²) in [5.74, 6) is -0.692. The van der Waals surface area contributed by atoms with E-state index in [4.69, 9.17) is 5.26 Å². The molecule has 0 spiro atoms. The van der Waals surface area contributed by atoms with Crippen LogP contribution in [0.1, 0.15) is 18.4 Å². The summed E-state index contributed by atoms with van der Waals surface area (Å²) in [6.45, 7) is 1.70. The van der Waals surface area contributed by atoms with Gasteiger partial charge >= 0.3 is 0 Å². The Morgan fingerprint density at radius 1 is 1.64 bits per heavy atom. The van der Waals surface area contributed by atoms with E-state index in [0.29, 0.717) is 5.56 Å². The quantitative estimate of drug-likeness (QED) is 0.612. The molecule has 3 heteroatoms. The third kappa shape index (κ3) is 1.74. The van der Waals surface area contributed by atoms with Crippen LogP contribution in [0.25, 0.3) is 0 Å². The van der Waals surface area contributed by atoms with Crippen LogP contribution in [0.2, 0.25) is 0 Å². The number of rotatable bonds is 1. The highest BCUT2D eigenvalue weighted by atomic mass is 19.1. The molecule has 0 aliphatic heterocycles. The van der Waals surface area contributed by atoms with Crippen molar-refractivity contribution < 1.29 is 4.39 Å². The maximum atomic E-state index is 12.5. The molecular weight excluding hydrogens is 143 g/mol. The predicted molar refractivity (Wildman–Crippen MR) is 38.2 cm³/mol. The zero-order chi connectivity index (χ0) is 8.27. The van der Waals surface area contributed by atoms with Crippen molar-refractivity contribution in [2.45, 2.75) is 12.8 Å². The lowest BCUT2D eigenvalue weighted by atomic mass is 10.1. The lowest BCUT2D eigenvalue weighted by Crippen LogP contribution is -1.91. The molecule has 1 aromatic rings. The van der Waals surface area contributed by atoms with E-state index in [1.54, 1.807) is 6.92 Å². The molecule has 1 atom stereocenters. The van der Waals surface area contributed by atoms with Gasteiger partial charge < -0.3 is 0 Å². The monoisotopic (exact) mass is 150 g/mol. The predicted octanol–water partition coefficient (Wildman–Crippen LogP) is 1.85. The summed E-state index contributed by atoms with van der Waals surface area (Å²) >= 11 is 0. The number of halogens is 1. The van der Waals surface area contributed by atoms with Gasteiger partial charge in [-0.1, -0.05) is 0 Å². The molecule has 11 heavy (non-hydrogen) atoms. The normalized spacial score (nSPS) is 12.1. The first-order chi connectivity index (χ1) is 5.24. The van der Waals surface area contributed by atoms with E-state index in [2.05, 4.69) is 4.98 Å². The number of nitrogens with zero attached hydrogens (tertiary/aromatic N) is 2. The fourth-order valence-electron chi connectivity index (χ4n) is 0.740. The average Bonchev–Trinajstić information content (AvgIpc) is 2.03. The van der Waals surface area contributed by atoms with Crippen LogP contribution in [-0.2, 0) is 0 Å². The van der Waals surface area contributed by atoms with Crippen LogP contribution in [0.3, 0.4) is 0 Å². The molecule has 0 saturated heterocycles. The first-order valence-corrected chi connectivity index (χ1v) is 3.24. The van der Waals surface area contributed by atoms with Gasteiger partial charge in [-0.25, -0.2) is 4.39 Å². The Morgan fingerprint density at radius 3 is 2.91 bits per heavy atom. The van der Waals surface area contributed by atoms with E-state index < -0.39 is 5.82 Å². The minimum absolute atomic E-state index is 0.293. The van der Waals surface area contributed by atoms with E-state index in [-0.39, 0.29) is 5.92 Å². The first-order valence-electron chi connectivity index (χ1n) is 3.24. The van der Waals surface area contributed by atoms with Crippen molar-refractivity contribution in [1.82, 2.24) is 4.98 Å². The highest BCUT2D eigenvalue weighted by molar-refractivity contribution is 5.20. The molecule has 0 bridgehead atoms. The van der Waals surface area contributed by atoms with Gasteiger partial charge in [-0.2, -0.15) is 5.26 Å². The van der Waals surface area contributed by atoms with E-state index in [1.165, 1.54) is 12.3 Å². The average molecular weight is 150 g/mol. The van der Waals surface area contributed by atoms with Gasteiger partial charge in [0.05, 0.1) is 18.2 Å². The van der Waals surface area contributed by atoms with Crippen molar-refractivity contribution >= 4 is 0 Å². The second kappa shape index (κ2) is 3.11. The first kappa shape index (κ1) is 7.67. The summed E-state index contributed by atoms with van der Waals surface area (Å²) in [6, 6.07) is 3.32. The molecule has 56 valence electrons. The maximum absolute atomic E-state index is 12.5. The van der Waals surface area contributed by atoms with Crippen molar-refractivity contribution in [2.24, 2.45) is 0 Å².